The molecule has 0 bridgehead atoms. The van der Waals surface area contributed by atoms with E-state index in [2.05, 4.69) is 10.3 Å². The van der Waals surface area contributed by atoms with Crippen molar-refractivity contribution in [2.24, 2.45) is 0 Å². The third-order valence-electron chi connectivity index (χ3n) is 4.10. The molecule has 1 aromatic heterocycles. The number of ketones is 1. The summed E-state index contributed by atoms with van der Waals surface area (Å²) in [5.74, 6) is -1.18. The van der Waals surface area contributed by atoms with Crippen molar-refractivity contribution in [3.8, 4) is 5.75 Å². The number of carboxylic acid groups (broad SMARTS) is 1. The van der Waals surface area contributed by atoms with Crippen molar-refractivity contribution in [1.29, 1.82) is 0 Å². The predicted molar refractivity (Wildman–Crippen MR) is 98.1 cm³/mol. The second-order valence-corrected chi connectivity index (χ2v) is 6.02. The molecule has 0 saturated carbocycles. The van der Waals surface area contributed by atoms with Crippen LogP contribution in [0.1, 0.15) is 37.7 Å². The number of aromatic nitrogens is 3. The summed E-state index contributed by atoms with van der Waals surface area (Å²) >= 11 is 0. The molecular formula is C19H18N4O4. The van der Waals surface area contributed by atoms with Gasteiger partial charge in [0.05, 0.1) is 13.7 Å². The van der Waals surface area contributed by atoms with Gasteiger partial charge in [0.15, 0.2) is 0 Å². The van der Waals surface area contributed by atoms with E-state index in [-0.39, 0.29) is 23.5 Å². The van der Waals surface area contributed by atoms with Crippen LogP contribution < -0.4 is 10.5 Å². The smallest absolute Gasteiger partial charge is 0.358 e. The van der Waals surface area contributed by atoms with Crippen molar-refractivity contribution < 1.29 is 19.4 Å². The maximum Gasteiger partial charge on any atom is 0.358 e. The standard InChI is InChI=1S/C19H18N4O4/c1-11-3-8-15(20)14(9-11)18(24)17-16(19(25)26)21-22-23(17)10-12-4-6-13(27-2)7-5-12/h3-9H,10,20H2,1-2H3,(H,25,26). The first-order chi connectivity index (χ1) is 12.9. The van der Waals surface area contributed by atoms with Crippen molar-refractivity contribution in [3.63, 3.8) is 0 Å². The lowest BCUT2D eigenvalue weighted by Crippen LogP contribution is -2.17. The fourth-order valence-electron chi connectivity index (χ4n) is 2.69. The summed E-state index contributed by atoms with van der Waals surface area (Å²) in [6, 6.07) is 12.1. The minimum absolute atomic E-state index is 0.115. The van der Waals surface area contributed by atoms with Gasteiger partial charge in [0, 0.05) is 11.3 Å². The normalized spacial score (nSPS) is 10.6. The van der Waals surface area contributed by atoms with E-state index < -0.39 is 17.4 Å². The lowest BCUT2D eigenvalue weighted by Gasteiger charge is -2.09. The van der Waals surface area contributed by atoms with E-state index >= 15 is 0 Å². The Labute approximate surface area is 155 Å². The number of hydrogen-bond acceptors (Lipinski definition) is 6. The van der Waals surface area contributed by atoms with Gasteiger partial charge < -0.3 is 15.6 Å². The number of nitrogens with two attached hydrogens (primary N) is 1. The third-order valence-corrected chi connectivity index (χ3v) is 4.10. The van der Waals surface area contributed by atoms with Crippen LogP contribution in [0.2, 0.25) is 0 Å². The van der Waals surface area contributed by atoms with Gasteiger partial charge >= 0.3 is 5.97 Å². The van der Waals surface area contributed by atoms with Crippen LogP contribution in [0.4, 0.5) is 5.69 Å². The molecule has 0 fully saturated rings. The van der Waals surface area contributed by atoms with Crippen LogP contribution in [0.25, 0.3) is 0 Å². The lowest BCUT2D eigenvalue weighted by molar-refractivity contribution is 0.0686. The Morgan fingerprint density at radius 2 is 1.89 bits per heavy atom. The number of anilines is 1. The number of aromatic carboxylic acids is 1. The zero-order chi connectivity index (χ0) is 19.6. The molecule has 0 saturated heterocycles. The molecule has 0 aliphatic rings. The highest BCUT2D eigenvalue weighted by molar-refractivity contribution is 6.15. The van der Waals surface area contributed by atoms with E-state index in [1.807, 2.05) is 6.92 Å². The largest absolute Gasteiger partial charge is 0.497 e. The van der Waals surface area contributed by atoms with Gasteiger partial charge in [-0.25, -0.2) is 9.48 Å². The maximum absolute atomic E-state index is 13.1. The van der Waals surface area contributed by atoms with Crippen LogP contribution >= 0.6 is 0 Å². The molecule has 138 valence electrons. The van der Waals surface area contributed by atoms with E-state index in [0.29, 0.717) is 5.75 Å². The maximum atomic E-state index is 13.1. The summed E-state index contributed by atoms with van der Waals surface area (Å²) in [6.45, 7) is 2.00. The molecule has 27 heavy (non-hydrogen) atoms. The van der Waals surface area contributed by atoms with Crippen molar-refractivity contribution in [1.82, 2.24) is 15.0 Å². The molecule has 8 nitrogen and oxygen atoms in total. The van der Waals surface area contributed by atoms with Gasteiger partial charge in [-0.15, -0.1) is 5.10 Å². The minimum Gasteiger partial charge on any atom is -0.497 e. The van der Waals surface area contributed by atoms with Crippen LogP contribution in [0.5, 0.6) is 5.75 Å². The number of ether oxygens (including phenoxy) is 1. The number of rotatable bonds is 6. The summed E-state index contributed by atoms with van der Waals surface area (Å²) in [7, 11) is 1.56. The number of aryl methyl sites for hydroxylation is 1. The van der Waals surface area contributed by atoms with Crippen molar-refractivity contribution in [2.45, 2.75) is 13.5 Å². The Morgan fingerprint density at radius 1 is 1.19 bits per heavy atom. The summed E-state index contributed by atoms with van der Waals surface area (Å²) in [4.78, 5) is 24.6. The zero-order valence-electron chi connectivity index (χ0n) is 14.8. The number of benzene rings is 2. The molecule has 2 aromatic carbocycles. The molecule has 0 unspecified atom stereocenters. The number of methoxy groups -OCH3 is 1. The second-order valence-electron chi connectivity index (χ2n) is 6.02. The van der Waals surface area contributed by atoms with Gasteiger partial charge in [-0.1, -0.05) is 29.0 Å². The third kappa shape index (κ3) is 3.64. The van der Waals surface area contributed by atoms with Gasteiger partial charge in [0.1, 0.15) is 11.4 Å². The van der Waals surface area contributed by atoms with Crippen LogP contribution in [-0.2, 0) is 6.54 Å². The number of hydrogen-bond donors (Lipinski definition) is 2. The highest BCUT2D eigenvalue weighted by Crippen LogP contribution is 2.21. The molecular weight excluding hydrogens is 348 g/mol. The van der Waals surface area contributed by atoms with E-state index in [1.165, 1.54) is 4.68 Å². The van der Waals surface area contributed by atoms with Crippen molar-refractivity contribution in [3.05, 3.63) is 70.5 Å². The van der Waals surface area contributed by atoms with E-state index in [4.69, 9.17) is 10.5 Å². The van der Waals surface area contributed by atoms with E-state index in [9.17, 15) is 14.7 Å². The number of carbonyl (C=O) groups is 2. The molecule has 0 spiro atoms. The Hall–Kier alpha value is -3.68. The molecule has 0 aliphatic carbocycles. The molecule has 0 atom stereocenters. The fourth-order valence-corrected chi connectivity index (χ4v) is 2.69. The lowest BCUT2D eigenvalue weighted by atomic mass is 10.0. The van der Waals surface area contributed by atoms with Crippen molar-refractivity contribution in [2.75, 3.05) is 12.8 Å². The number of nitrogen functional groups attached to an aromatic ring is 1. The van der Waals surface area contributed by atoms with Gasteiger partial charge in [-0.05, 0) is 36.8 Å². The molecule has 3 aromatic rings. The minimum atomic E-state index is -1.33. The summed E-state index contributed by atoms with van der Waals surface area (Å²) in [5, 5.41) is 17.0. The molecule has 8 heteroatoms. The van der Waals surface area contributed by atoms with Gasteiger partial charge in [0.25, 0.3) is 0 Å². The second kappa shape index (κ2) is 7.28. The fraction of sp³-hybridized carbons (Fsp3) is 0.158. The predicted octanol–water partition coefficient (Wildman–Crippen LogP) is 2.15. The van der Waals surface area contributed by atoms with Crippen LogP contribution in [-0.4, -0.2) is 39.0 Å². The van der Waals surface area contributed by atoms with Gasteiger partial charge in [-0.3, -0.25) is 4.79 Å². The highest BCUT2D eigenvalue weighted by Gasteiger charge is 2.27. The zero-order valence-corrected chi connectivity index (χ0v) is 14.8. The Bertz CT molecular complexity index is 1010. The first-order valence-corrected chi connectivity index (χ1v) is 8.11. The SMILES string of the molecule is COc1ccc(Cn2nnc(C(=O)O)c2C(=O)c2cc(C)ccc2N)cc1. The van der Waals surface area contributed by atoms with E-state index in [0.717, 1.165) is 11.1 Å². The molecule has 3 rings (SSSR count). The van der Waals surface area contributed by atoms with Crippen LogP contribution in [0.15, 0.2) is 42.5 Å². The Morgan fingerprint density at radius 3 is 2.52 bits per heavy atom. The highest BCUT2D eigenvalue weighted by atomic mass is 16.5. The first kappa shape index (κ1) is 18.1. The van der Waals surface area contributed by atoms with Crippen molar-refractivity contribution >= 4 is 17.4 Å². The average Bonchev–Trinajstić information content (AvgIpc) is 3.07. The molecule has 0 radical (unpaired) electrons. The van der Waals surface area contributed by atoms with Crippen LogP contribution in [0.3, 0.4) is 0 Å². The summed E-state index contributed by atoms with van der Waals surface area (Å²) in [6.07, 6.45) is 0. The topological polar surface area (TPSA) is 120 Å². The monoisotopic (exact) mass is 366 g/mol. The summed E-state index contributed by atoms with van der Waals surface area (Å²) < 4.78 is 6.39. The quantitative estimate of drug-likeness (QED) is 0.506. The average molecular weight is 366 g/mol. The molecule has 0 aliphatic heterocycles. The Kier molecular flexibility index (Phi) is 4.89. The van der Waals surface area contributed by atoms with Crippen LogP contribution in [0, 0.1) is 6.92 Å². The molecule has 0 amide bonds. The van der Waals surface area contributed by atoms with Gasteiger partial charge in [0.2, 0.25) is 11.5 Å². The first-order valence-electron chi connectivity index (χ1n) is 8.11. The number of carbonyl (C=O) groups excluding carboxylic acids is 1. The molecule has 3 N–H and O–H groups in total. The Balaban J connectivity index is 2.04. The van der Waals surface area contributed by atoms with E-state index in [1.54, 1.807) is 49.6 Å². The number of nitrogens with zero attached hydrogens (tertiary/aromatic N) is 3. The van der Waals surface area contributed by atoms with Gasteiger partial charge in [-0.2, -0.15) is 0 Å². The molecule has 1 heterocycles. The summed E-state index contributed by atoms with van der Waals surface area (Å²) in [5.41, 5.74) is 7.52. The number of carboxylic acids is 1.